The SMILES string of the molecule is CCCc1cccc(C(=O)NN(C)C(=O)[C@@H]2CC=C(C)C(C(C)Br)=CC2)c1C. The van der Waals surface area contributed by atoms with Crippen molar-refractivity contribution < 1.29 is 9.59 Å². The van der Waals surface area contributed by atoms with Gasteiger partial charge in [0.25, 0.3) is 5.91 Å². The highest BCUT2D eigenvalue weighted by atomic mass is 79.9. The lowest BCUT2D eigenvalue weighted by Crippen LogP contribution is -2.46. The Morgan fingerprint density at radius 1 is 1.25 bits per heavy atom. The van der Waals surface area contributed by atoms with Crippen LogP contribution in [0.5, 0.6) is 0 Å². The van der Waals surface area contributed by atoms with Gasteiger partial charge in [0.1, 0.15) is 0 Å². The lowest BCUT2D eigenvalue weighted by molar-refractivity contribution is -0.136. The Kier molecular flexibility index (Phi) is 8.05. The topological polar surface area (TPSA) is 49.4 Å². The molecular formula is C23H31BrN2O2. The van der Waals surface area contributed by atoms with Crippen molar-refractivity contribution in [1.82, 2.24) is 10.4 Å². The van der Waals surface area contributed by atoms with Gasteiger partial charge in [-0.1, -0.05) is 59.1 Å². The molecule has 0 saturated heterocycles. The monoisotopic (exact) mass is 446 g/mol. The fourth-order valence-corrected chi connectivity index (χ4v) is 4.20. The molecule has 1 aliphatic rings. The summed E-state index contributed by atoms with van der Waals surface area (Å²) in [5.74, 6) is -0.479. The third-order valence-electron chi connectivity index (χ3n) is 5.37. The number of allylic oxidation sites excluding steroid dienone is 4. The van der Waals surface area contributed by atoms with Crippen LogP contribution in [-0.4, -0.2) is 28.7 Å². The molecule has 0 heterocycles. The first kappa shape index (κ1) is 22.4. The van der Waals surface area contributed by atoms with E-state index >= 15 is 0 Å². The van der Waals surface area contributed by atoms with Gasteiger partial charge < -0.3 is 0 Å². The lowest BCUT2D eigenvalue weighted by atomic mass is 9.98. The number of nitrogens with zero attached hydrogens (tertiary/aromatic N) is 1. The minimum Gasteiger partial charge on any atom is -0.273 e. The lowest BCUT2D eigenvalue weighted by Gasteiger charge is -2.23. The van der Waals surface area contributed by atoms with Gasteiger partial charge in [-0.05, 0) is 62.8 Å². The van der Waals surface area contributed by atoms with Gasteiger partial charge in [0.2, 0.25) is 5.91 Å². The number of amides is 2. The minimum absolute atomic E-state index is 0.0699. The summed E-state index contributed by atoms with van der Waals surface area (Å²) in [6.45, 7) is 8.26. The third-order valence-corrected chi connectivity index (χ3v) is 5.87. The van der Waals surface area contributed by atoms with Gasteiger partial charge in [-0.25, -0.2) is 0 Å². The van der Waals surface area contributed by atoms with Crippen LogP contribution < -0.4 is 5.43 Å². The summed E-state index contributed by atoms with van der Waals surface area (Å²) in [7, 11) is 1.63. The van der Waals surface area contributed by atoms with Gasteiger partial charge in [-0.15, -0.1) is 0 Å². The zero-order valence-electron chi connectivity index (χ0n) is 17.5. The largest absolute Gasteiger partial charge is 0.273 e. The Bertz CT molecular complexity index is 796. The van der Waals surface area contributed by atoms with Gasteiger partial charge in [0.15, 0.2) is 0 Å². The smallest absolute Gasteiger partial charge is 0.270 e. The molecule has 28 heavy (non-hydrogen) atoms. The first-order chi connectivity index (χ1) is 13.3. The van der Waals surface area contributed by atoms with Crippen LogP contribution in [0.4, 0.5) is 0 Å². The van der Waals surface area contributed by atoms with Crippen molar-refractivity contribution in [2.45, 2.75) is 58.2 Å². The fraction of sp³-hybridized carbons (Fsp3) is 0.478. The maximum atomic E-state index is 12.9. The van der Waals surface area contributed by atoms with Gasteiger partial charge in [-0.2, -0.15) is 0 Å². The standard InChI is InChI=1S/C23H31BrN2O2/c1-6-8-18-9-7-10-21(16(18)3)22(27)25-26(5)23(28)19-12-11-15(2)20(14-13-19)17(4)24/h7,9-11,14,17,19H,6,8,12-13H2,1-5H3,(H,25,27)/t17?,19-/m1/s1. The number of halogens is 1. The summed E-state index contributed by atoms with van der Waals surface area (Å²) in [6.07, 6.45) is 7.57. The molecule has 1 aliphatic carbocycles. The Morgan fingerprint density at radius 3 is 2.57 bits per heavy atom. The zero-order chi connectivity index (χ0) is 20.8. The number of carbonyl (C=O) groups is 2. The molecule has 4 nitrogen and oxygen atoms in total. The predicted molar refractivity (Wildman–Crippen MR) is 118 cm³/mol. The molecule has 1 N–H and O–H groups in total. The Hall–Kier alpha value is -1.88. The van der Waals surface area contributed by atoms with Gasteiger partial charge in [0.05, 0.1) is 0 Å². The maximum Gasteiger partial charge on any atom is 0.270 e. The molecule has 1 unspecified atom stereocenters. The minimum atomic E-state index is -0.239. The molecule has 0 saturated carbocycles. The van der Waals surface area contributed by atoms with Crippen LogP contribution in [0.25, 0.3) is 0 Å². The summed E-state index contributed by atoms with van der Waals surface area (Å²) >= 11 is 3.62. The average molecular weight is 447 g/mol. The normalized spacial score (nSPS) is 17.9. The van der Waals surface area contributed by atoms with Crippen molar-refractivity contribution in [2.75, 3.05) is 7.05 Å². The van der Waals surface area contributed by atoms with E-state index in [-0.39, 0.29) is 22.6 Å². The second kappa shape index (κ2) is 10.1. The van der Waals surface area contributed by atoms with Gasteiger partial charge in [0, 0.05) is 23.4 Å². The summed E-state index contributed by atoms with van der Waals surface area (Å²) in [5, 5.41) is 1.35. The van der Waals surface area contributed by atoms with Crippen LogP contribution >= 0.6 is 15.9 Å². The van der Waals surface area contributed by atoms with Crippen molar-refractivity contribution in [3.63, 3.8) is 0 Å². The van der Waals surface area contributed by atoms with Crippen molar-refractivity contribution in [1.29, 1.82) is 0 Å². The van der Waals surface area contributed by atoms with E-state index in [9.17, 15) is 9.59 Å². The van der Waals surface area contributed by atoms with E-state index < -0.39 is 0 Å². The molecule has 2 atom stereocenters. The molecule has 1 aromatic carbocycles. The molecule has 2 rings (SSSR count). The van der Waals surface area contributed by atoms with E-state index in [0.29, 0.717) is 18.4 Å². The first-order valence-corrected chi connectivity index (χ1v) is 10.9. The molecule has 1 aromatic rings. The summed E-state index contributed by atoms with van der Waals surface area (Å²) in [6, 6.07) is 5.77. The summed E-state index contributed by atoms with van der Waals surface area (Å²) < 4.78 is 0. The molecule has 2 amide bonds. The van der Waals surface area contributed by atoms with E-state index in [1.807, 2.05) is 19.1 Å². The van der Waals surface area contributed by atoms with Crippen molar-refractivity contribution in [2.24, 2.45) is 5.92 Å². The van der Waals surface area contributed by atoms with Gasteiger partial charge in [-0.3, -0.25) is 20.0 Å². The average Bonchev–Trinajstić information content (AvgIpc) is 2.84. The molecule has 152 valence electrons. The molecular weight excluding hydrogens is 416 g/mol. The Labute approximate surface area is 177 Å². The number of nitrogens with one attached hydrogen (secondary N) is 1. The molecule has 0 radical (unpaired) electrons. The van der Waals surface area contributed by atoms with E-state index in [1.54, 1.807) is 7.05 Å². The summed E-state index contributed by atoms with van der Waals surface area (Å²) in [4.78, 5) is 25.9. The number of rotatable bonds is 5. The van der Waals surface area contributed by atoms with Crippen molar-refractivity contribution in [3.05, 3.63) is 58.2 Å². The van der Waals surface area contributed by atoms with Crippen molar-refractivity contribution >= 4 is 27.7 Å². The van der Waals surface area contributed by atoms with Crippen LogP contribution in [0.15, 0.2) is 41.5 Å². The second-order valence-corrected chi connectivity index (χ2v) is 8.88. The molecule has 0 aliphatic heterocycles. The molecule has 0 bridgehead atoms. The highest BCUT2D eigenvalue weighted by molar-refractivity contribution is 9.09. The molecule has 0 spiro atoms. The zero-order valence-corrected chi connectivity index (χ0v) is 19.1. The number of alkyl halides is 1. The van der Waals surface area contributed by atoms with Crippen LogP contribution in [-0.2, 0) is 11.2 Å². The molecule has 5 heteroatoms. The Morgan fingerprint density at radius 2 is 1.93 bits per heavy atom. The van der Waals surface area contributed by atoms with Crippen LogP contribution in [0.3, 0.4) is 0 Å². The first-order valence-electron chi connectivity index (χ1n) is 9.94. The number of benzene rings is 1. The van der Waals surface area contributed by atoms with E-state index in [0.717, 1.165) is 18.4 Å². The van der Waals surface area contributed by atoms with Crippen molar-refractivity contribution in [3.8, 4) is 0 Å². The fourth-order valence-electron chi connectivity index (χ4n) is 3.65. The second-order valence-electron chi connectivity index (χ2n) is 7.51. The number of hydrazine groups is 1. The molecule has 0 aromatic heterocycles. The Balaban J connectivity index is 2.09. The van der Waals surface area contributed by atoms with Crippen LogP contribution in [0.1, 0.15) is 61.5 Å². The van der Waals surface area contributed by atoms with E-state index in [1.165, 1.54) is 21.7 Å². The predicted octanol–water partition coefficient (Wildman–Crippen LogP) is 5.12. The highest BCUT2D eigenvalue weighted by Gasteiger charge is 2.25. The van der Waals surface area contributed by atoms with Crippen LogP contribution in [0, 0.1) is 12.8 Å². The van der Waals surface area contributed by atoms with E-state index in [4.69, 9.17) is 0 Å². The number of hydrogen-bond donors (Lipinski definition) is 1. The van der Waals surface area contributed by atoms with E-state index in [2.05, 4.69) is 60.3 Å². The quantitative estimate of drug-likeness (QED) is 0.503. The number of hydrogen-bond acceptors (Lipinski definition) is 2. The van der Waals surface area contributed by atoms with Crippen LogP contribution in [0.2, 0.25) is 0 Å². The third kappa shape index (κ3) is 5.34. The highest BCUT2D eigenvalue weighted by Crippen LogP contribution is 2.28. The number of carbonyl (C=O) groups excluding carboxylic acids is 2. The maximum absolute atomic E-state index is 12.9. The molecule has 0 fully saturated rings. The van der Waals surface area contributed by atoms with Gasteiger partial charge >= 0.3 is 0 Å². The summed E-state index contributed by atoms with van der Waals surface area (Å²) in [5.41, 5.74) is 7.97. The number of aryl methyl sites for hydroxylation is 1.